The predicted octanol–water partition coefficient (Wildman–Crippen LogP) is 2.29. The maximum Gasteiger partial charge on any atom is 0.142 e. The molecular formula is C19H20N3O3-. The molecule has 0 bridgehead atoms. The summed E-state index contributed by atoms with van der Waals surface area (Å²) in [5, 5.41) is 26.6. The first-order chi connectivity index (χ1) is 12.1. The van der Waals surface area contributed by atoms with Gasteiger partial charge in [0.05, 0.1) is 35.9 Å². The summed E-state index contributed by atoms with van der Waals surface area (Å²) in [6, 6.07) is 12.7. The molecule has 2 N–H and O–H groups in total. The fraction of sp³-hybridized carbons (Fsp3) is 0.263. The molecule has 0 fully saturated rings. The van der Waals surface area contributed by atoms with Gasteiger partial charge in [-0.05, 0) is 55.8 Å². The van der Waals surface area contributed by atoms with Crippen molar-refractivity contribution >= 4 is 17.3 Å². The zero-order chi connectivity index (χ0) is 18.2. The van der Waals surface area contributed by atoms with Crippen LogP contribution in [0.5, 0.6) is 5.75 Å². The standard InChI is InChI=1S/C19H21N3O3/c1-3-21-16-11-14(7-10-17(16)25-4-2)18(19(23)24)22-15-8-5-13(12-20)6-9-15/h5-11,18,21-22H,3-4H2,1-2H3,(H,23,24)/p-1. The molecule has 2 rings (SSSR count). The van der Waals surface area contributed by atoms with Crippen LogP contribution in [0.4, 0.5) is 11.4 Å². The van der Waals surface area contributed by atoms with Gasteiger partial charge in [0, 0.05) is 12.2 Å². The van der Waals surface area contributed by atoms with E-state index in [9.17, 15) is 9.90 Å². The summed E-state index contributed by atoms with van der Waals surface area (Å²) in [6.07, 6.45) is 0. The maximum atomic E-state index is 11.6. The Morgan fingerprint density at radius 1 is 1.24 bits per heavy atom. The van der Waals surface area contributed by atoms with Crippen molar-refractivity contribution in [2.45, 2.75) is 19.9 Å². The number of carbonyl (C=O) groups excluding carboxylic acids is 1. The number of rotatable bonds is 8. The van der Waals surface area contributed by atoms with Crippen LogP contribution in [0.1, 0.15) is 31.0 Å². The minimum Gasteiger partial charge on any atom is -0.548 e. The van der Waals surface area contributed by atoms with Gasteiger partial charge in [0.25, 0.3) is 0 Å². The normalized spacial score (nSPS) is 11.2. The van der Waals surface area contributed by atoms with E-state index in [1.54, 1.807) is 42.5 Å². The maximum absolute atomic E-state index is 11.6. The van der Waals surface area contributed by atoms with E-state index in [1.165, 1.54) is 0 Å². The second kappa shape index (κ2) is 8.60. The van der Waals surface area contributed by atoms with Gasteiger partial charge >= 0.3 is 0 Å². The van der Waals surface area contributed by atoms with Crippen molar-refractivity contribution in [3.05, 3.63) is 53.6 Å². The van der Waals surface area contributed by atoms with E-state index in [1.807, 2.05) is 19.9 Å². The van der Waals surface area contributed by atoms with Crippen LogP contribution in [0.15, 0.2) is 42.5 Å². The van der Waals surface area contributed by atoms with Gasteiger partial charge in [-0.2, -0.15) is 5.26 Å². The highest BCUT2D eigenvalue weighted by molar-refractivity contribution is 5.78. The molecule has 0 radical (unpaired) electrons. The second-order valence-electron chi connectivity index (χ2n) is 5.30. The largest absolute Gasteiger partial charge is 0.548 e. The summed E-state index contributed by atoms with van der Waals surface area (Å²) >= 11 is 0. The van der Waals surface area contributed by atoms with Gasteiger partial charge in [0.15, 0.2) is 0 Å². The van der Waals surface area contributed by atoms with E-state index in [-0.39, 0.29) is 0 Å². The Labute approximate surface area is 147 Å². The zero-order valence-corrected chi connectivity index (χ0v) is 14.2. The first kappa shape index (κ1) is 18.1. The lowest BCUT2D eigenvalue weighted by Gasteiger charge is -2.23. The van der Waals surface area contributed by atoms with Crippen LogP contribution < -0.4 is 20.5 Å². The number of anilines is 2. The van der Waals surface area contributed by atoms with Crippen LogP contribution in [-0.4, -0.2) is 19.1 Å². The van der Waals surface area contributed by atoms with Crippen LogP contribution in [0.25, 0.3) is 0 Å². The quantitative estimate of drug-likeness (QED) is 0.766. The first-order valence-corrected chi connectivity index (χ1v) is 8.07. The van der Waals surface area contributed by atoms with Gasteiger partial charge in [-0.15, -0.1) is 0 Å². The van der Waals surface area contributed by atoms with E-state index in [0.29, 0.717) is 35.7 Å². The van der Waals surface area contributed by atoms with E-state index in [2.05, 4.69) is 10.6 Å². The summed E-state index contributed by atoms with van der Waals surface area (Å²) in [4.78, 5) is 11.6. The van der Waals surface area contributed by atoms with E-state index >= 15 is 0 Å². The number of carbonyl (C=O) groups is 1. The molecule has 1 atom stereocenters. The third-order valence-electron chi connectivity index (χ3n) is 3.56. The number of nitrogens with zero attached hydrogens (tertiary/aromatic N) is 1. The van der Waals surface area contributed by atoms with Crippen LogP contribution in [0.3, 0.4) is 0 Å². The molecule has 2 aromatic rings. The summed E-state index contributed by atoms with van der Waals surface area (Å²) in [5.41, 5.74) is 2.37. The fourth-order valence-corrected chi connectivity index (χ4v) is 2.42. The van der Waals surface area contributed by atoms with Crippen LogP contribution in [-0.2, 0) is 4.79 Å². The number of carboxylic acid groups (broad SMARTS) is 1. The van der Waals surface area contributed by atoms with Crippen molar-refractivity contribution in [2.24, 2.45) is 0 Å². The summed E-state index contributed by atoms with van der Waals surface area (Å²) in [7, 11) is 0. The number of carboxylic acids is 1. The molecule has 1 unspecified atom stereocenters. The molecule has 0 spiro atoms. The minimum atomic E-state index is -1.24. The van der Waals surface area contributed by atoms with Crippen LogP contribution in [0, 0.1) is 11.3 Å². The number of benzene rings is 2. The molecule has 0 aromatic heterocycles. The highest BCUT2D eigenvalue weighted by Gasteiger charge is 2.15. The van der Waals surface area contributed by atoms with Crippen molar-refractivity contribution in [1.82, 2.24) is 0 Å². The van der Waals surface area contributed by atoms with Crippen molar-refractivity contribution in [3.8, 4) is 11.8 Å². The highest BCUT2D eigenvalue weighted by Crippen LogP contribution is 2.30. The zero-order valence-electron chi connectivity index (χ0n) is 14.2. The van der Waals surface area contributed by atoms with Gasteiger partial charge in [0.1, 0.15) is 5.75 Å². The van der Waals surface area contributed by atoms with Crippen molar-refractivity contribution < 1.29 is 14.6 Å². The molecule has 25 heavy (non-hydrogen) atoms. The van der Waals surface area contributed by atoms with E-state index in [4.69, 9.17) is 10.00 Å². The summed E-state index contributed by atoms with van der Waals surface area (Å²) in [5.74, 6) is -0.570. The third-order valence-corrected chi connectivity index (χ3v) is 3.56. The molecule has 6 nitrogen and oxygen atoms in total. The highest BCUT2D eigenvalue weighted by atomic mass is 16.5. The molecule has 0 heterocycles. The Morgan fingerprint density at radius 2 is 1.96 bits per heavy atom. The summed E-state index contributed by atoms with van der Waals surface area (Å²) in [6.45, 7) is 5.04. The summed E-state index contributed by atoms with van der Waals surface area (Å²) < 4.78 is 5.55. The van der Waals surface area contributed by atoms with E-state index in [0.717, 1.165) is 5.69 Å². The number of nitriles is 1. The lowest BCUT2D eigenvalue weighted by Crippen LogP contribution is -2.34. The Balaban J connectivity index is 2.31. The van der Waals surface area contributed by atoms with Gasteiger partial charge in [-0.1, -0.05) is 6.07 Å². The topological polar surface area (TPSA) is 97.2 Å². The van der Waals surface area contributed by atoms with Crippen molar-refractivity contribution in [2.75, 3.05) is 23.8 Å². The fourth-order valence-electron chi connectivity index (χ4n) is 2.42. The van der Waals surface area contributed by atoms with Crippen LogP contribution in [0.2, 0.25) is 0 Å². The number of hydrogen-bond donors (Lipinski definition) is 2. The van der Waals surface area contributed by atoms with Gasteiger partial charge in [0.2, 0.25) is 0 Å². The number of hydrogen-bond acceptors (Lipinski definition) is 6. The van der Waals surface area contributed by atoms with Crippen molar-refractivity contribution in [1.29, 1.82) is 5.26 Å². The minimum absolute atomic E-state index is 0.506. The van der Waals surface area contributed by atoms with Gasteiger partial charge < -0.3 is 25.3 Å². The predicted molar refractivity (Wildman–Crippen MR) is 94.3 cm³/mol. The smallest absolute Gasteiger partial charge is 0.142 e. The molecular weight excluding hydrogens is 318 g/mol. The Morgan fingerprint density at radius 3 is 2.52 bits per heavy atom. The Hall–Kier alpha value is -3.20. The van der Waals surface area contributed by atoms with Gasteiger partial charge in [-0.25, -0.2) is 0 Å². The second-order valence-corrected chi connectivity index (χ2v) is 5.30. The average Bonchev–Trinajstić information content (AvgIpc) is 2.62. The molecule has 6 heteroatoms. The Bertz CT molecular complexity index is 766. The molecule has 0 saturated carbocycles. The monoisotopic (exact) mass is 338 g/mol. The molecule has 130 valence electrons. The molecule has 0 aliphatic carbocycles. The van der Waals surface area contributed by atoms with Crippen molar-refractivity contribution in [3.63, 3.8) is 0 Å². The molecule has 0 saturated heterocycles. The first-order valence-electron chi connectivity index (χ1n) is 8.07. The SMILES string of the molecule is CCNc1cc(C(Nc2ccc(C#N)cc2)C(=O)[O-])ccc1OCC. The molecule has 2 aromatic carbocycles. The van der Waals surface area contributed by atoms with E-state index < -0.39 is 12.0 Å². The number of ether oxygens (including phenoxy) is 1. The third kappa shape index (κ3) is 4.64. The number of nitrogens with one attached hydrogen (secondary N) is 2. The van der Waals surface area contributed by atoms with Crippen LogP contribution >= 0.6 is 0 Å². The molecule has 0 amide bonds. The number of aliphatic carboxylic acids is 1. The molecule has 0 aliphatic heterocycles. The average molecular weight is 338 g/mol. The Kier molecular flexibility index (Phi) is 6.24. The lowest BCUT2D eigenvalue weighted by molar-refractivity contribution is -0.307. The molecule has 0 aliphatic rings. The lowest BCUT2D eigenvalue weighted by atomic mass is 10.0. The van der Waals surface area contributed by atoms with Gasteiger partial charge in [-0.3, -0.25) is 0 Å².